The highest BCUT2D eigenvalue weighted by molar-refractivity contribution is 5.78. The van der Waals surface area contributed by atoms with E-state index >= 15 is 0 Å². The number of guanidine groups is 1. The van der Waals surface area contributed by atoms with E-state index in [0.29, 0.717) is 12.5 Å². The van der Waals surface area contributed by atoms with Crippen molar-refractivity contribution >= 4 is 5.96 Å². The maximum Gasteiger partial charge on any atom is 0.205 e. The minimum atomic E-state index is 0.571. The molecule has 0 aliphatic rings. The van der Waals surface area contributed by atoms with Crippen molar-refractivity contribution in [2.24, 2.45) is 10.8 Å². The fourth-order valence-corrected chi connectivity index (χ4v) is 1.07. The van der Waals surface area contributed by atoms with Gasteiger partial charge in [-0.05, 0) is 24.1 Å². The van der Waals surface area contributed by atoms with E-state index in [1.165, 1.54) is 5.56 Å². The molecule has 0 amide bonds. The van der Waals surface area contributed by atoms with Crippen LogP contribution in [-0.4, -0.2) is 18.0 Å². The predicted molar refractivity (Wildman–Crippen MR) is 56.5 cm³/mol. The molecule has 0 fully saturated rings. The molecular formula is C9H15N5. The second-order valence-corrected chi connectivity index (χ2v) is 2.87. The van der Waals surface area contributed by atoms with Gasteiger partial charge >= 0.3 is 0 Å². The van der Waals surface area contributed by atoms with Crippen LogP contribution in [0.2, 0.25) is 0 Å². The summed E-state index contributed by atoms with van der Waals surface area (Å²) in [6.45, 7) is 2.70. The van der Waals surface area contributed by atoms with Crippen LogP contribution in [0.1, 0.15) is 11.1 Å². The minimum absolute atomic E-state index is 0.571. The zero-order chi connectivity index (χ0) is 10.4. The summed E-state index contributed by atoms with van der Waals surface area (Å²) in [5, 5.41) is 3.06. The number of pyridine rings is 1. The maximum absolute atomic E-state index is 5.23. The lowest BCUT2D eigenvalue weighted by molar-refractivity contribution is 0.833. The number of aliphatic imine (C=N–C) groups is 1. The SMILES string of the molecule is CN=C(NN)NCc1ccncc1C. The monoisotopic (exact) mass is 193 g/mol. The fraction of sp³-hybridized carbons (Fsp3) is 0.333. The number of hydrazine groups is 1. The molecule has 0 spiro atoms. The van der Waals surface area contributed by atoms with E-state index < -0.39 is 0 Å². The normalized spacial score (nSPS) is 11.2. The van der Waals surface area contributed by atoms with E-state index in [4.69, 9.17) is 5.84 Å². The molecule has 5 heteroatoms. The lowest BCUT2D eigenvalue weighted by atomic mass is 10.1. The van der Waals surface area contributed by atoms with E-state index in [9.17, 15) is 0 Å². The number of nitrogens with one attached hydrogen (secondary N) is 2. The van der Waals surface area contributed by atoms with E-state index in [2.05, 4.69) is 20.7 Å². The van der Waals surface area contributed by atoms with Gasteiger partial charge in [-0.2, -0.15) is 0 Å². The first-order valence-electron chi connectivity index (χ1n) is 4.34. The number of hydrogen-bond donors (Lipinski definition) is 3. The average Bonchev–Trinajstić information content (AvgIpc) is 2.22. The topological polar surface area (TPSA) is 75.3 Å². The van der Waals surface area contributed by atoms with Crippen LogP contribution in [0.25, 0.3) is 0 Å². The summed E-state index contributed by atoms with van der Waals surface area (Å²) in [5.41, 5.74) is 4.79. The Morgan fingerprint density at radius 1 is 1.64 bits per heavy atom. The maximum atomic E-state index is 5.23. The van der Waals surface area contributed by atoms with E-state index in [0.717, 1.165) is 5.56 Å². The molecule has 76 valence electrons. The fourth-order valence-electron chi connectivity index (χ4n) is 1.07. The average molecular weight is 193 g/mol. The van der Waals surface area contributed by atoms with Crippen molar-refractivity contribution in [2.45, 2.75) is 13.5 Å². The van der Waals surface area contributed by atoms with Gasteiger partial charge in [-0.25, -0.2) is 5.84 Å². The molecule has 1 aromatic rings. The third kappa shape index (κ3) is 2.70. The van der Waals surface area contributed by atoms with Gasteiger partial charge in [0.25, 0.3) is 0 Å². The Hall–Kier alpha value is -1.62. The van der Waals surface area contributed by atoms with Crippen LogP contribution in [-0.2, 0) is 6.54 Å². The Kier molecular flexibility index (Phi) is 3.87. The van der Waals surface area contributed by atoms with Crippen molar-refractivity contribution in [1.82, 2.24) is 15.7 Å². The van der Waals surface area contributed by atoms with Gasteiger partial charge in [0.05, 0.1) is 0 Å². The van der Waals surface area contributed by atoms with E-state index in [1.807, 2.05) is 19.2 Å². The van der Waals surface area contributed by atoms with Crippen molar-refractivity contribution in [3.63, 3.8) is 0 Å². The summed E-state index contributed by atoms with van der Waals surface area (Å²) in [6, 6.07) is 1.96. The first kappa shape index (κ1) is 10.5. The van der Waals surface area contributed by atoms with Crippen molar-refractivity contribution in [1.29, 1.82) is 0 Å². The minimum Gasteiger partial charge on any atom is -0.351 e. The molecule has 0 bridgehead atoms. The third-order valence-electron chi connectivity index (χ3n) is 1.94. The number of rotatable bonds is 2. The van der Waals surface area contributed by atoms with Crippen LogP contribution in [0.5, 0.6) is 0 Å². The molecule has 14 heavy (non-hydrogen) atoms. The summed E-state index contributed by atoms with van der Waals surface area (Å²) in [6.07, 6.45) is 3.60. The van der Waals surface area contributed by atoms with Gasteiger partial charge in [-0.15, -0.1) is 0 Å². The van der Waals surface area contributed by atoms with Crippen LogP contribution >= 0.6 is 0 Å². The van der Waals surface area contributed by atoms with Gasteiger partial charge in [0.15, 0.2) is 0 Å². The number of aryl methyl sites for hydroxylation is 1. The molecule has 0 aliphatic heterocycles. The molecule has 0 saturated carbocycles. The molecule has 0 aliphatic carbocycles. The number of aromatic nitrogens is 1. The molecule has 0 saturated heterocycles. The zero-order valence-corrected chi connectivity index (χ0v) is 8.41. The number of nitrogens with zero attached hydrogens (tertiary/aromatic N) is 2. The second kappa shape index (κ2) is 5.18. The summed E-state index contributed by atoms with van der Waals surface area (Å²) in [5.74, 6) is 5.80. The van der Waals surface area contributed by atoms with Gasteiger partial charge in [0.2, 0.25) is 5.96 Å². The summed E-state index contributed by atoms with van der Waals surface area (Å²) in [7, 11) is 1.67. The number of nitrogens with two attached hydrogens (primary N) is 1. The van der Waals surface area contributed by atoms with Gasteiger partial charge in [0.1, 0.15) is 0 Å². The summed E-state index contributed by atoms with van der Waals surface area (Å²) >= 11 is 0. The van der Waals surface area contributed by atoms with Crippen LogP contribution in [0.3, 0.4) is 0 Å². The third-order valence-corrected chi connectivity index (χ3v) is 1.94. The number of hydrogen-bond acceptors (Lipinski definition) is 3. The lowest BCUT2D eigenvalue weighted by Gasteiger charge is -2.09. The van der Waals surface area contributed by atoms with E-state index in [-0.39, 0.29) is 0 Å². The molecule has 5 nitrogen and oxygen atoms in total. The molecule has 0 radical (unpaired) electrons. The van der Waals surface area contributed by atoms with Crippen LogP contribution in [0, 0.1) is 6.92 Å². The lowest BCUT2D eigenvalue weighted by Crippen LogP contribution is -2.41. The van der Waals surface area contributed by atoms with Gasteiger partial charge in [0, 0.05) is 26.0 Å². The molecule has 0 unspecified atom stereocenters. The molecule has 0 aromatic carbocycles. The molecule has 0 atom stereocenters. The Labute approximate surface area is 83.4 Å². The highest BCUT2D eigenvalue weighted by atomic mass is 15.3. The second-order valence-electron chi connectivity index (χ2n) is 2.87. The molecule has 4 N–H and O–H groups in total. The van der Waals surface area contributed by atoms with Crippen molar-refractivity contribution < 1.29 is 0 Å². The summed E-state index contributed by atoms with van der Waals surface area (Å²) in [4.78, 5) is 7.92. The van der Waals surface area contributed by atoms with Crippen LogP contribution in [0.15, 0.2) is 23.5 Å². The van der Waals surface area contributed by atoms with E-state index in [1.54, 1.807) is 13.2 Å². The van der Waals surface area contributed by atoms with Gasteiger partial charge < -0.3 is 5.32 Å². The first-order valence-corrected chi connectivity index (χ1v) is 4.34. The van der Waals surface area contributed by atoms with Crippen molar-refractivity contribution in [3.05, 3.63) is 29.6 Å². The highest BCUT2D eigenvalue weighted by Gasteiger charge is 1.98. The Morgan fingerprint density at radius 3 is 3.00 bits per heavy atom. The summed E-state index contributed by atoms with van der Waals surface area (Å²) < 4.78 is 0. The zero-order valence-electron chi connectivity index (χ0n) is 8.41. The standard InChI is InChI=1S/C9H15N5/c1-7-5-12-4-3-8(7)6-13-9(11-2)14-10/h3-5H,6,10H2,1-2H3,(H2,11,13,14). The Bertz CT molecular complexity index is 321. The molecule has 1 heterocycles. The van der Waals surface area contributed by atoms with Crippen LogP contribution in [0.4, 0.5) is 0 Å². The molecular weight excluding hydrogens is 178 g/mol. The molecule has 1 rings (SSSR count). The Morgan fingerprint density at radius 2 is 2.43 bits per heavy atom. The largest absolute Gasteiger partial charge is 0.351 e. The quantitative estimate of drug-likeness (QED) is 0.266. The highest BCUT2D eigenvalue weighted by Crippen LogP contribution is 2.03. The first-order chi connectivity index (χ1) is 6.77. The molecule has 1 aromatic heterocycles. The van der Waals surface area contributed by atoms with Gasteiger partial charge in [-0.1, -0.05) is 0 Å². The predicted octanol–water partition coefficient (Wildman–Crippen LogP) is -0.0713. The Balaban J connectivity index is 2.58. The smallest absolute Gasteiger partial charge is 0.205 e. The van der Waals surface area contributed by atoms with Crippen molar-refractivity contribution in [2.75, 3.05) is 7.05 Å². The van der Waals surface area contributed by atoms with Gasteiger partial charge in [-0.3, -0.25) is 15.4 Å². The van der Waals surface area contributed by atoms with Crippen molar-refractivity contribution in [3.8, 4) is 0 Å². The van der Waals surface area contributed by atoms with Crippen LogP contribution < -0.4 is 16.6 Å².